The Morgan fingerprint density at radius 3 is 2.19 bits per heavy atom. The molecule has 1 fully saturated rings. The smallest absolute Gasteiger partial charge is 0.308 e. The lowest BCUT2D eigenvalue weighted by Crippen LogP contribution is -2.24. The van der Waals surface area contributed by atoms with Gasteiger partial charge in [0, 0.05) is 13.5 Å². The highest BCUT2D eigenvalue weighted by Gasteiger charge is 2.21. The number of unbranched alkanes of at least 4 members (excludes halogenated alkanes) is 6. The van der Waals surface area contributed by atoms with Gasteiger partial charge in [-0.15, -0.1) is 0 Å². The summed E-state index contributed by atoms with van der Waals surface area (Å²) in [5, 5.41) is 0. The molecule has 0 N–H and O–H groups in total. The first-order chi connectivity index (χ1) is 13.0. The number of rotatable bonds is 18. The number of esters is 1. The Balaban J connectivity index is 2.20. The average Bonchev–Trinajstić information content (AvgIpc) is 3.44. The van der Waals surface area contributed by atoms with Crippen molar-refractivity contribution in [3.05, 3.63) is 0 Å². The molecule has 5 nitrogen and oxygen atoms in total. The molecule has 0 amide bonds. The molecule has 0 spiro atoms. The number of ether oxygens (including phenoxy) is 3. The summed E-state index contributed by atoms with van der Waals surface area (Å²) in [6, 6.07) is 0. The Morgan fingerprint density at radius 1 is 0.963 bits per heavy atom. The van der Waals surface area contributed by atoms with Gasteiger partial charge in [0.15, 0.2) is 0 Å². The van der Waals surface area contributed by atoms with Crippen LogP contribution in [-0.4, -0.2) is 43.8 Å². The molecule has 0 saturated carbocycles. The summed E-state index contributed by atoms with van der Waals surface area (Å²) in [7, 11) is 1.65. The number of carbonyl (C=O) groups excluding carboxylic acids is 2. The summed E-state index contributed by atoms with van der Waals surface area (Å²) < 4.78 is 16.3. The van der Waals surface area contributed by atoms with E-state index in [0.717, 1.165) is 45.1 Å². The van der Waals surface area contributed by atoms with Crippen molar-refractivity contribution in [1.29, 1.82) is 0 Å². The number of hydrogen-bond donors (Lipinski definition) is 0. The maximum atomic E-state index is 12.3. The van der Waals surface area contributed by atoms with Crippen LogP contribution in [0.4, 0.5) is 0 Å². The van der Waals surface area contributed by atoms with Crippen LogP contribution in [0.3, 0.4) is 0 Å². The maximum Gasteiger partial charge on any atom is 0.308 e. The van der Waals surface area contributed by atoms with Crippen molar-refractivity contribution in [3.63, 3.8) is 0 Å². The van der Waals surface area contributed by atoms with Crippen molar-refractivity contribution in [3.8, 4) is 0 Å². The third-order valence-electron chi connectivity index (χ3n) is 5.13. The molecule has 158 valence electrons. The van der Waals surface area contributed by atoms with E-state index in [1.54, 1.807) is 14.0 Å². The lowest BCUT2D eigenvalue weighted by molar-refractivity contribution is -0.153. The van der Waals surface area contributed by atoms with Crippen LogP contribution < -0.4 is 0 Å². The van der Waals surface area contributed by atoms with Crippen LogP contribution in [0.1, 0.15) is 97.3 Å². The predicted octanol–water partition coefficient (Wildman–Crippen LogP) is 4.99. The molecule has 1 rings (SSSR count). The van der Waals surface area contributed by atoms with E-state index < -0.39 is 0 Å². The summed E-state index contributed by atoms with van der Waals surface area (Å²) in [4.78, 5) is 23.7. The standard InChI is InChI=1S/C22H40O5/c1-4-5-6-9-13-20(15-18(2)23)27-22(24)16-19(25-3)12-10-7-8-11-14-21-17-26-21/h19-21H,4-17H2,1-3H3. The normalized spacial score (nSPS) is 18.1. The van der Waals surface area contributed by atoms with E-state index in [9.17, 15) is 9.59 Å². The van der Waals surface area contributed by atoms with Crippen LogP contribution in [0.25, 0.3) is 0 Å². The number of epoxide rings is 1. The Kier molecular flexibility index (Phi) is 13.4. The topological polar surface area (TPSA) is 65.1 Å². The molecule has 0 aromatic carbocycles. The van der Waals surface area contributed by atoms with Gasteiger partial charge in [-0.3, -0.25) is 9.59 Å². The maximum absolute atomic E-state index is 12.3. The first-order valence-corrected chi connectivity index (χ1v) is 10.9. The Hall–Kier alpha value is -0.940. The molecular formula is C22H40O5. The van der Waals surface area contributed by atoms with E-state index in [0.29, 0.717) is 12.5 Å². The molecule has 0 aromatic heterocycles. The lowest BCUT2D eigenvalue weighted by atomic mass is 10.0. The molecule has 0 radical (unpaired) electrons. The van der Waals surface area contributed by atoms with Gasteiger partial charge in [0.2, 0.25) is 0 Å². The summed E-state index contributed by atoms with van der Waals surface area (Å²) in [5.74, 6) is -0.169. The van der Waals surface area contributed by atoms with Crippen molar-refractivity contribution in [1.82, 2.24) is 0 Å². The summed E-state index contributed by atoms with van der Waals surface area (Å²) in [6.07, 6.45) is 12.7. The number of methoxy groups -OCH3 is 1. The minimum Gasteiger partial charge on any atom is -0.462 e. The van der Waals surface area contributed by atoms with Crippen LogP contribution in [0.2, 0.25) is 0 Å². The molecule has 1 heterocycles. The zero-order valence-electron chi connectivity index (χ0n) is 17.7. The third kappa shape index (κ3) is 13.8. The van der Waals surface area contributed by atoms with E-state index in [1.165, 1.54) is 32.1 Å². The molecular weight excluding hydrogens is 344 g/mol. The zero-order valence-corrected chi connectivity index (χ0v) is 17.7. The van der Waals surface area contributed by atoms with Gasteiger partial charge >= 0.3 is 5.97 Å². The zero-order chi connectivity index (χ0) is 19.9. The van der Waals surface area contributed by atoms with Gasteiger partial charge in [0.1, 0.15) is 11.9 Å². The van der Waals surface area contributed by atoms with Crippen molar-refractivity contribution >= 4 is 11.8 Å². The number of ketones is 1. The van der Waals surface area contributed by atoms with Crippen molar-refractivity contribution in [2.45, 2.75) is 116 Å². The SMILES string of the molecule is CCCCCCC(CC(C)=O)OC(=O)CC(CCCCCCC1CO1)OC. The minimum absolute atomic E-state index is 0.0724. The highest BCUT2D eigenvalue weighted by atomic mass is 16.6. The highest BCUT2D eigenvalue weighted by Crippen LogP contribution is 2.19. The Bertz CT molecular complexity index is 406. The van der Waals surface area contributed by atoms with Crippen LogP contribution in [0.5, 0.6) is 0 Å². The fourth-order valence-electron chi connectivity index (χ4n) is 3.38. The quantitative estimate of drug-likeness (QED) is 0.189. The molecule has 3 unspecified atom stereocenters. The fourth-order valence-corrected chi connectivity index (χ4v) is 3.38. The summed E-state index contributed by atoms with van der Waals surface area (Å²) in [6.45, 7) is 4.66. The summed E-state index contributed by atoms with van der Waals surface area (Å²) in [5.41, 5.74) is 0. The molecule has 5 heteroatoms. The number of carbonyl (C=O) groups is 2. The highest BCUT2D eigenvalue weighted by molar-refractivity contribution is 5.77. The van der Waals surface area contributed by atoms with E-state index in [-0.39, 0.29) is 30.4 Å². The monoisotopic (exact) mass is 384 g/mol. The van der Waals surface area contributed by atoms with Gasteiger partial charge in [-0.1, -0.05) is 51.9 Å². The molecule has 27 heavy (non-hydrogen) atoms. The molecule has 0 aliphatic carbocycles. The van der Waals surface area contributed by atoms with Gasteiger partial charge in [-0.2, -0.15) is 0 Å². The largest absolute Gasteiger partial charge is 0.462 e. The minimum atomic E-state index is -0.283. The second-order valence-electron chi connectivity index (χ2n) is 7.88. The van der Waals surface area contributed by atoms with Crippen LogP contribution in [0, 0.1) is 0 Å². The lowest BCUT2D eigenvalue weighted by Gasteiger charge is -2.19. The third-order valence-corrected chi connectivity index (χ3v) is 5.13. The molecule has 3 atom stereocenters. The van der Waals surface area contributed by atoms with Crippen molar-refractivity contribution < 1.29 is 23.8 Å². The Labute approximate surface area is 165 Å². The first kappa shape index (κ1) is 24.1. The second kappa shape index (κ2) is 15.0. The first-order valence-electron chi connectivity index (χ1n) is 10.9. The number of hydrogen-bond acceptors (Lipinski definition) is 5. The van der Waals surface area contributed by atoms with E-state index in [4.69, 9.17) is 14.2 Å². The van der Waals surface area contributed by atoms with Gasteiger partial charge in [-0.25, -0.2) is 0 Å². The van der Waals surface area contributed by atoms with Gasteiger partial charge in [0.25, 0.3) is 0 Å². The molecule has 1 aliphatic heterocycles. The fraction of sp³-hybridized carbons (Fsp3) is 0.909. The summed E-state index contributed by atoms with van der Waals surface area (Å²) >= 11 is 0. The van der Waals surface area contributed by atoms with Gasteiger partial charge in [-0.05, 0) is 32.6 Å². The predicted molar refractivity (Wildman–Crippen MR) is 107 cm³/mol. The van der Waals surface area contributed by atoms with Crippen LogP contribution in [0.15, 0.2) is 0 Å². The van der Waals surface area contributed by atoms with Crippen LogP contribution in [-0.2, 0) is 23.8 Å². The van der Waals surface area contributed by atoms with E-state index >= 15 is 0 Å². The van der Waals surface area contributed by atoms with Gasteiger partial charge in [0.05, 0.1) is 25.2 Å². The van der Waals surface area contributed by atoms with Crippen molar-refractivity contribution in [2.75, 3.05) is 13.7 Å². The Morgan fingerprint density at radius 2 is 1.59 bits per heavy atom. The molecule has 1 saturated heterocycles. The van der Waals surface area contributed by atoms with Crippen molar-refractivity contribution in [2.24, 2.45) is 0 Å². The van der Waals surface area contributed by atoms with E-state index in [1.807, 2.05) is 0 Å². The van der Waals surface area contributed by atoms with Gasteiger partial charge < -0.3 is 14.2 Å². The second-order valence-corrected chi connectivity index (χ2v) is 7.88. The van der Waals surface area contributed by atoms with E-state index in [2.05, 4.69) is 6.92 Å². The average molecular weight is 385 g/mol. The molecule has 0 aromatic rings. The van der Waals surface area contributed by atoms with Crippen LogP contribution >= 0.6 is 0 Å². The molecule has 0 bridgehead atoms. The number of Topliss-reactive ketones (excluding diaryl/α,β-unsaturated/α-hetero) is 1. The molecule has 1 aliphatic rings.